The van der Waals surface area contributed by atoms with Crippen LogP contribution >= 0.6 is 0 Å². The molecular formula is C14H18N2O4. The molecule has 1 aromatic rings. The second kappa shape index (κ2) is 6.72. The fourth-order valence-corrected chi connectivity index (χ4v) is 1.36. The van der Waals surface area contributed by atoms with E-state index >= 15 is 0 Å². The van der Waals surface area contributed by atoms with Gasteiger partial charge < -0.3 is 20.9 Å². The second-order valence-electron chi connectivity index (χ2n) is 4.25. The first-order valence-corrected chi connectivity index (χ1v) is 6.12. The van der Waals surface area contributed by atoms with Crippen LogP contribution in [0.1, 0.15) is 19.4 Å². The van der Waals surface area contributed by atoms with E-state index in [4.69, 9.17) is 20.9 Å². The van der Waals surface area contributed by atoms with E-state index in [0.717, 1.165) is 5.56 Å². The molecule has 0 aliphatic rings. The van der Waals surface area contributed by atoms with Gasteiger partial charge in [0.1, 0.15) is 23.2 Å². The molecule has 0 saturated heterocycles. The lowest BCUT2D eigenvalue weighted by atomic mass is 10.1. The standard InChI is InChI=1S/C14H18N2O4/c1-4-10-5-6-11(19-13(17)8(2)15)7-12(10)20-14(18)9(3)16/h5-7,9H,2,4,15-16H2,1,3H3. The first kappa shape index (κ1) is 15.7. The third-order valence-electron chi connectivity index (χ3n) is 2.47. The molecule has 6 heteroatoms. The lowest BCUT2D eigenvalue weighted by Gasteiger charge is -2.12. The Morgan fingerprint density at radius 2 is 2.00 bits per heavy atom. The maximum atomic E-state index is 11.5. The van der Waals surface area contributed by atoms with E-state index in [1.165, 1.54) is 13.0 Å². The fourth-order valence-electron chi connectivity index (χ4n) is 1.36. The van der Waals surface area contributed by atoms with Crippen molar-refractivity contribution >= 4 is 11.9 Å². The third kappa shape index (κ3) is 4.10. The van der Waals surface area contributed by atoms with Crippen LogP contribution in [-0.2, 0) is 16.0 Å². The van der Waals surface area contributed by atoms with Crippen molar-refractivity contribution in [2.24, 2.45) is 11.5 Å². The summed E-state index contributed by atoms with van der Waals surface area (Å²) in [6.07, 6.45) is 0.652. The van der Waals surface area contributed by atoms with Crippen molar-refractivity contribution in [2.45, 2.75) is 26.3 Å². The van der Waals surface area contributed by atoms with E-state index in [1.54, 1.807) is 12.1 Å². The number of nitrogens with two attached hydrogens (primary N) is 2. The molecule has 108 valence electrons. The molecule has 1 unspecified atom stereocenters. The predicted molar refractivity (Wildman–Crippen MR) is 74.1 cm³/mol. The zero-order valence-corrected chi connectivity index (χ0v) is 11.5. The molecule has 20 heavy (non-hydrogen) atoms. The van der Waals surface area contributed by atoms with Crippen LogP contribution in [0, 0.1) is 0 Å². The number of hydrogen-bond donors (Lipinski definition) is 2. The summed E-state index contributed by atoms with van der Waals surface area (Å²) in [6.45, 7) is 6.71. The molecule has 4 N–H and O–H groups in total. The first-order chi connectivity index (χ1) is 9.35. The highest BCUT2D eigenvalue weighted by atomic mass is 16.5. The molecular weight excluding hydrogens is 260 g/mol. The van der Waals surface area contributed by atoms with Crippen molar-refractivity contribution in [1.82, 2.24) is 0 Å². The van der Waals surface area contributed by atoms with Gasteiger partial charge in [-0.1, -0.05) is 19.6 Å². The van der Waals surface area contributed by atoms with E-state index < -0.39 is 18.0 Å². The normalized spacial score (nSPS) is 11.6. The Morgan fingerprint density at radius 1 is 1.35 bits per heavy atom. The monoisotopic (exact) mass is 278 g/mol. The molecule has 0 aromatic heterocycles. The number of esters is 2. The van der Waals surface area contributed by atoms with E-state index in [1.807, 2.05) is 6.92 Å². The van der Waals surface area contributed by atoms with Crippen LogP contribution < -0.4 is 20.9 Å². The Kier molecular flexibility index (Phi) is 5.28. The highest BCUT2D eigenvalue weighted by Gasteiger charge is 2.15. The zero-order valence-electron chi connectivity index (χ0n) is 11.5. The summed E-state index contributed by atoms with van der Waals surface area (Å²) in [5.41, 5.74) is 11.3. The van der Waals surface area contributed by atoms with Gasteiger partial charge in [-0.25, -0.2) is 9.59 Å². The fraction of sp³-hybridized carbons (Fsp3) is 0.286. The van der Waals surface area contributed by atoms with Crippen molar-refractivity contribution in [3.8, 4) is 11.5 Å². The molecule has 1 rings (SSSR count). The number of carbonyl (C=O) groups excluding carboxylic acids is 2. The first-order valence-electron chi connectivity index (χ1n) is 6.12. The summed E-state index contributed by atoms with van der Waals surface area (Å²) in [6, 6.07) is 3.99. The Labute approximate surface area is 117 Å². The zero-order chi connectivity index (χ0) is 15.3. The highest BCUT2D eigenvalue weighted by molar-refractivity contribution is 5.88. The van der Waals surface area contributed by atoms with Crippen LogP contribution in [0.2, 0.25) is 0 Å². The average molecular weight is 278 g/mol. The largest absolute Gasteiger partial charge is 0.425 e. The van der Waals surface area contributed by atoms with Crippen molar-refractivity contribution in [1.29, 1.82) is 0 Å². The van der Waals surface area contributed by atoms with Gasteiger partial charge in [-0.2, -0.15) is 0 Å². The molecule has 0 heterocycles. The van der Waals surface area contributed by atoms with Gasteiger partial charge in [0.05, 0.1) is 0 Å². The minimum absolute atomic E-state index is 0.210. The van der Waals surface area contributed by atoms with Crippen LogP contribution in [0.4, 0.5) is 0 Å². The summed E-state index contributed by atoms with van der Waals surface area (Å²) in [5, 5.41) is 0. The SMILES string of the molecule is C=C(N)C(=O)Oc1ccc(CC)c(OC(=O)C(C)N)c1. The van der Waals surface area contributed by atoms with E-state index in [-0.39, 0.29) is 11.4 Å². The van der Waals surface area contributed by atoms with Crippen LogP contribution in [0.5, 0.6) is 11.5 Å². The summed E-state index contributed by atoms with van der Waals surface area (Å²) < 4.78 is 10.1. The second-order valence-corrected chi connectivity index (χ2v) is 4.25. The number of rotatable bonds is 5. The summed E-state index contributed by atoms with van der Waals surface area (Å²) in [5.74, 6) is -0.792. The van der Waals surface area contributed by atoms with Gasteiger partial charge in [0.25, 0.3) is 0 Å². The molecule has 0 radical (unpaired) electrons. The van der Waals surface area contributed by atoms with Gasteiger partial charge >= 0.3 is 11.9 Å². The number of aryl methyl sites for hydroxylation is 1. The van der Waals surface area contributed by atoms with Gasteiger partial charge in [-0.05, 0) is 25.0 Å². The average Bonchev–Trinajstić information content (AvgIpc) is 2.38. The maximum absolute atomic E-state index is 11.5. The number of benzene rings is 1. The Bertz CT molecular complexity index is 538. The summed E-state index contributed by atoms with van der Waals surface area (Å²) in [4.78, 5) is 22.9. The molecule has 1 atom stereocenters. The quantitative estimate of drug-likeness (QED) is 0.470. The van der Waals surface area contributed by atoms with Crippen LogP contribution in [-0.4, -0.2) is 18.0 Å². The number of ether oxygens (including phenoxy) is 2. The molecule has 0 fully saturated rings. The summed E-state index contributed by atoms with van der Waals surface area (Å²) >= 11 is 0. The Hall–Kier alpha value is -2.34. The topological polar surface area (TPSA) is 105 Å². The maximum Gasteiger partial charge on any atom is 0.358 e. The number of carbonyl (C=O) groups is 2. The molecule has 0 spiro atoms. The van der Waals surface area contributed by atoms with Gasteiger partial charge in [0.15, 0.2) is 0 Å². The van der Waals surface area contributed by atoms with Gasteiger partial charge in [-0.15, -0.1) is 0 Å². The molecule has 0 amide bonds. The minimum atomic E-state index is -0.751. The summed E-state index contributed by atoms with van der Waals surface area (Å²) in [7, 11) is 0. The molecule has 0 aliphatic carbocycles. The van der Waals surface area contributed by atoms with Gasteiger partial charge in [0.2, 0.25) is 0 Å². The highest BCUT2D eigenvalue weighted by Crippen LogP contribution is 2.26. The van der Waals surface area contributed by atoms with Crippen LogP contribution in [0.15, 0.2) is 30.5 Å². The molecule has 0 saturated carbocycles. The van der Waals surface area contributed by atoms with E-state index in [0.29, 0.717) is 12.2 Å². The number of hydrogen-bond acceptors (Lipinski definition) is 6. The van der Waals surface area contributed by atoms with Crippen molar-refractivity contribution in [2.75, 3.05) is 0 Å². The smallest absolute Gasteiger partial charge is 0.358 e. The lowest BCUT2D eigenvalue weighted by molar-refractivity contribution is -0.135. The Balaban J connectivity index is 2.99. The van der Waals surface area contributed by atoms with E-state index in [9.17, 15) is 9.59 Å². The third-order valence-corrected chi connectivity index (χ3v) is 2.47. The van der Waals surface area contributed by atoms with E-state index in [2.05, 4.69) is 6.58 Å². The minimum Gasteiger partial charge on any atom is -0.425 e. The van der Waals surface area contributed by atoms with Gasteiger partial charge in [-0.3, -0.25) is 0 Å². The van der Waals surface area contributed by atoms with Crippen molar-refractivity contribution in [3.63, 3.8) is 0 Å². The molecule has 0 aliphatic heterocycles. The van der Waals surface area contributed by atoms with Crippen molar-refractivity contribution < 1.29 is 19.1 Å². The van der Waals surface area contributed by atoms with Crippen molar-refractivity contribution in [3.05, 3.63) is 36.0 Å². The van der Waals surface area contributed by atoms with Crippen LogP contribution in [0.3, 0.4) is 0 Å². The molecule has 0 bridgehead atoms. The van der Waals surface area contributed by atoms with Gasteiger partial charge in [0, 0.05) is 6.07 Å². The predicted octanol–water partition coefficient (Wildman–Crippen LogP) is 0.879. The Morgan fingerprint density at radius 3 is 2.50 bits per heavy atom. The van der Waals surface area contributed by atoms with Crippen LogP contribution in [0.25, 0.3) is 0 Å². The molecule has 6 nitrogen and oxygen atoms in total. The molecule has 1 aromatic carbocycles. The lowest BCUT2D eigenvalue weighted by Crippen LogP contribution is -2.31.